The number of nitrogens with one attached hydrogen (secondary N) is 1. The van der Waals surface area contributed by atoms with Gasteiger partial charge >= 0.3 is 33.4 Å². The summed E-state index contributed by atoms with van der Waals surface area (Å²) in [5, 5.41) is 25.7. The standard InChI is InChI=1S/C40H45FN10O18P2/c41-22-5-1-20(2-6-22)15-28(52)47-23-7-3-21(4-8-23)16-63-40(57)49-12-9-24(49)38(55)68-32-26(67-37(30(32)53)51-19-46-29-34(43)44-18-45-35(29)51)17-65-71(61,62)69-33-25(11-14-64-70(58,59)60)66-36(31(33)54)50-13-10-27(42)48-39(50)56/h1-8,10,13,18-19,24-26,30-33,36-37,53-54H,9,11-12,14-17H2,(H,47,52)(H,61,62)(H2,42,48,56)(H2,43,44,45)(H2,58,59,60)/t24-,25+,26+,30+,31+,32+,33+,36+,37+/m0/s1. The first kappa shape index (κ1) is 51.0. The number of likely N-dealkylation sites (tertiary alicyclic amines) is 1. The van der Waals surface area contributed by atoms with Crippen LogP contribution in [0.25, 0.3) is 11.2 Å². The number of imidazole rings is 1. The number of nitrogens with zero attached hydrogens (tertiary/aromatic N) is 7. The Labute approximate surface area is 399 Å². The van der Waals surface area contributed by atoms with Crippen LogP contribution in [0, 0.1) is 5.82 Å². The number of aliphatic hydroxyl groups is 2. The topological polar surface area (TPSA) is 397 Å². The summed E-state index contributed by atoms with van der Waals surface area (Å²) in [5.74, 6) is -1.98. The van der Waals surface area contributed by atoms with E-state index >= 15 is 0 Å². The molecular weight excluding hydrogens is 989 g/mol. The minimum Gasteiger partial charge on any atom is -0.455 e. The fourth-order valence-corrected chi connectivity index (χ4v) is 9.13. The van der Waals surface area contributed by atoms with E-state index in [4.69, 9.17) is 39.5 Å². The van der Waals surface area contributed by atoms with Crippen LogP contribution in [-0.4, -0.2) is 139 Å². The summed E-state index contributed by atoms with van der Waals surface area (Å²) in [4.78, 5) is 98.3. The SMILES string of the molecule is Nc1ccn([C@@H]2O[C@H](CCOP(=O)(O)O)[C@@H](OP(=O)(O)OC[C@H]3O[C@@H](n4cnc5c(N)ncnc54)[C@H](O)[C@@H]3OC(=O)[C@@H]3CCN3C(=O)OCc3ccc(NC(=O)Cc4ccc(F)cc4)cc3)[C@H]2O)c(=O)n1. The Morgan fingerprint density at radius 3 is 2.25 bits per heavy atom. The average molecular weight is 1030 g/mol. The van der Waals surface area contributed by atoms with Gasteiger partial charge in [-0.3, -0.25) is 32.4 Å². The third-order valence-corrected chi connectivity index (χ3v) is 12.9. The van der Waals surface area contributed by atoms with E-state index < -0.39 is 114 Å². The van der Waals surface area contributed by atoms with Crippen molar-refractivity contribution in [2.24, 2.45) is 0 Å². The van der Waals surface area contributed by atoms with Crippen molar-refractivity contribution in [2.45, 2.75) is 81.0 Å². The molecule has 0 aliphatic carbocycles. The van der Waals surface area contributed by atoms with Gasteiger partial charge in [-0.1, -0.05) is 24.3 Å². The molecular formula is C40H45FN10O18P2. The van der Waals surface area contributed by atoms with Crippen LogP contribution in [0.2, 0.25) is 0 Å². The molecule has 0 saturated carbocycles. The number of aliphatic hydroxyl groups excluding tert-OH is 2. The number of carbonyl (C=O) groups excluding carboxylic acids is 3. The maximum Gasteiger partial charge on any atom is 0.472 e. The highest BCUT2D eigenvalue weighted by atomic mass is 31.2. The molecule has 2 amide bonds. The molecule has 3 aliphatic heterocycles. The molecule has 5 aromatic rings. The van der Waals surface area contributed by atoms with E-state index in [0.29, 0.717) is 16.8 Å². The van der Waals surface area contributed by atoms with E-state index in [2.05, 4.69) is 29.8 Å². The number of carbonyl (C=O) groups is 3. The van der Waals surface area contributed by atoms with Gasteiger partial charge in [0.15, 0.2) is 30.0 Å². The number of esters is 1. The number of fused-ring (bicyclic) bond motifs is 1. The van der Waals surface area contributed by atoms with E-state index in [0.717, 1.165) is 22.0 Å². The molecule has 0 bridgehead atoms. The lowest BCUT2D eigenvalue weighted by Crippen LogP contribution is -2.57. The number of halogens is 1. The van der Waals surface area contributed by atoms with Crippen LogP contribution in [-0.2, 0) is 64.3 Å². The van der Waals surface area contributed by atoms with Gasteiger partial charge in [0, 0.05) is 24.8 Å². The van der Waals surface area contributed by atoms with Crippen LogP contribution in [0.4, 0.5) is 26.5 Å². The normalized spacial score (nSPS) is 25.1. The molecule has 10 atom stereocenters. The van der Waals surface area contributed by atoms with Crippen molar-refractivity contribution in [3.05, 3.63) is 101 Å². The highest BCUT2D eigenvalue weighted by Crippen LogP contribution is 2.50. The van der Waals surface area contributed by atoms with Gasteiger partial charge in [0.1, 0.15) is 60.5 Å². The van der Waals surface area contributed by atoms with Crippen LogP contribution in [0.5, 0.6) is 0 Å². The molecule has 10 N–H and O–H groups in total. The lowest BCUT2D eigenvalue weighted by atomic mass is 10.0. The molecule has 0 spiro atoms. The minimum atomic E-state index is -5.39. The summed E-state index contributed by atoms with van der Waals surface area (Å²) in [6.07, 6.45) is -11.2. The van der Waals surface area contributed by atoms with Gasteiger partial charge in [-0.25, -0.2) is 42.9 Å². The Balaban J connectivity index is 0.925. The van der Waals surface area contributed by atoms with Gasteiger partial charge in [-0.05, 0) is 47.9 Å². The number of anilines is 3. The Hall–Kier alpha value is -6.33. The zero-order valence-electron chi connectivity index (χ0n) is 36.7. The van der Waals surface area contributed by atoms with Crippen molar-refractivity contribution in [3.63, 3.8) is 0 Å². The molecule has 380 valence electrons. The molecule has 0 radical (unpaired) electrons. The summed E-state index contributed by atoms with van der Waals surface area (Å²) < 4.78 is 78.3. The zero-order chi connectivity index (χ0) is 50.8. The van der Waals surface area contributed by atoms with Crippen LogP contribution < -0.4 is 22.5 Å². The number of amides is 2. The molecule has 6 heterocycles. The van der Waals surface area contributed by atoms with E-state index in [1.807, 2.05) is 0 Å². The fraction of sp³-hybridized carbons (Fsp3) is 0.400. The van der Waals surface area contributed by atoms with Gasteiger partial charge in [0.25, 0.3) is 0 Å². The monoisotopic (exact) mass is 1030 g/mol. The molecule has 3 aromatic heterocycles. The first-order chi connectivity index (χ1) is 33.7. The fourth-order valence-electron chi connectivity index (χ4n) is 7.83. The van der Waals surface area contributed by atoms with Crippen molar-refractivity contribution in [1.82, 2.24) is 34.0 Å². The number of hydrogen-bond acceptors (Lipinski definition) is 21. The van der Waals surface area contributed by atoms with E-state index in [1.165, 1.54) is 41.2 Å². The van der Waals surface area contributed by atoms with Crippen molar-refractivity contribution in [3.8, 4) is 0 Å². The van der Waals surface area contributed by atoms with Crippen LogP contribution in [0.15, 0.2) is 78.2 Å². The molecule has 3 saturated heterocycles. The predicted octanol–water partition coefficient (Wildman–Crippen LogP) is 0.409. The zero-order valence-corrected chi connectivity index (χ0v) is 38.5. The van der Waals surface area contributed by atoms with Gasteiger partial charge in [-0.2, -0.15) is 4.98 Å². The molecule has 3 aliphatic rings. The number of phosphoric acid groups is 2. The third kappa shape index (κ3) is 12.1. The Bertz CT molecular complexity index is 2910. The van der Waals surface area contributed by atoms with Gasteiger partial charge < -0.3 is 60.6 Å². The minimum absolute atomic E-state index is 0.0134. The Kier molecular flexibility index (Phi) is 15.2. The second-order valence-electron chi connectivity index (χ2n) is 16.2. The van der Waals surface area contributed by atoms with E-state index in [1.54, 1.807) is 24.3 Å². The van der Waals surface area contributed by atoms with E-state index in [-0.39, 0.29) is 54.7 Å². The number of nitrogens with two attached hydrogens (primary N) is 2. The lowest BCUT2D eigenvalue weighted by Gasteiger charge is -2.38. The largest absolute Gasteiger partial charge is 0.472 e. The van der Waals surface area contributed by atoms with Crippen LogP contribution >= 0.6 is 15.6 Å². The summed E-state index contributed by atoms with van der Waals surface area (Å²) >= 11 is 0. The Morgan fingerprint density at radius 2 is 1.56 bits per heavy atom. The summed E-state index contributed by atoms with van der Waals surface area (Å²) in [5.41, 5.74) is 12.3. The van der Waals surface area contributed by atoms with Gasteiger partial charge in [0.2, 0.25) is 5.91 Å². The second-order valence-corrected chi connectivity index (χ2v) is 18.8. The maximum absolute atomic E-state index is 13.8. The lowest BCUT2D eigenvalue weighted by molar-refractivity contribution is -0.166. The predicted molar refractivity (Wildman–Crippen MR) is 236 cm³/mol. The van der Waals surface area contributed by atoms with Gasteiger partial charge in [-0.15, -0.1) is 0 Å². The quantitative estimate of drug-likeness (QED) is 0.0435. The van der Waals surface area contributed by atoms with Crippen molar-refractivity contribution in [2.75, 3.05) is 36.5 Å². The molecule has 1 unspecified atom stereocenters. The molecule has 71 heavy (non-hydrogen) atoms. The highest BCUT2D eigenvalue weighted by molar-refractivity contribution is 7.47. The first-order valence-electron chi connectivity index (χ1n) is 21.3. The molecule has 31 heteroatoms. The number of phosphoric ester groups is 2. The van der Waals surface area contributed by atoms with Crippen LogP contribution in [0.3, 0.4) is 0 Å². The number of rotatable bonds is 18. The Morgan fingerprint density at radius 1 is 0.873 bits per heavy atom. The average Bonchev–Trinajstić information content (AvgIpc) is 3.95. The number of aromatic nitrogens is 6. The number of hydrogen-bond donors (Lipinski definition) is 8. The van der Waals surface area contributed by atoms with Crippen molar-refractivity contribution < 1.29 is 85.3 Å². The molecule has 3 fully saturated rings. The van der Waals surface area contributed by atoms with E-state index in [9.17, 15) is 57.6 Å². The first-order valence-corrected chi connectivity index (χ1v) is 24.3. The second kappa shape index (κ2) is 21.2. The molecule has 8 rings (SSSR count). The van der Waals surface area contributed by atoms with Gasteiger partial charge in [0.05, 0.1) is 32.1 Å². The number of benzene rings is 2. The summed E-state index contributed by atoms with van der Waals surface area (Å²) in [6.45, 7) is -1.82. The van der Waals surface area contributed by atoms with Crippen LogP contribution in [0.1, 0.15) is 36.4 Å². The smallest absolute Gasteiger partial charge is 0.455 e. The summed E-state index contributed by atoms with van der Waals surface area (Å²) in [7, 11) is -10.4. The summed E-state index contributed by atoms with van der Waals surface area (Å²) in [6, 6.07) is 11.9. The highest BCUT2D eigenvalue weighted by Gasteiger charge is 2.53. The number of ether oxygens (including phenoxy) is 4. The van der Waals surface area contributed by atoms with Crippen molar-refractivity contribution >= 4 is 62.1 Å². The van der Waals surface area contributed by atoms with Crippen molar-refractivity contribution in [1.29, 1.82) is 0 Å². The molecule has 2 aromatic carbocycles. The third-order valence-electron chi connectivity index (χ3n) is 11.4. The molecule has 28 nitrogen and oxygen atoms in total. The maximum atomic E-state index is 13.8. The number of nitrogen functional groups attached to an aromatic ring is 2.